The summed E-state index contributed by atoms with van der Waals surface area (Å²) in [6, 6.07) is 6.36. The van der Waals surface area contributed by atoms with E-state index in [2.05, 4.69) is 47.3 Å². The predicted molar refractivity (Wildman–Crippen MR) is 77.1 cm³/mol. The first-order valence-electron chi connectivity index (χ1n) is 6.45. The van der Waals surface area contributed by atoms with E-state index >= 15 is 0 Å². The normalized spacial score (nSPS) is 10.5. The van der Waals surface area contributed by atoms with E-state index in [1.54, 1.807) is 0 Å². The van der Waals surface area contributed by atoms with Crippen LogP contribution in [-0.2, 0) is 0 Å². The van der Waals surface area contributed by atoms with Crippen molar-refractivity contribution in [1.29, 1.82) is 0 Å². The highest BCUT2D eigenvalue weighted by atomic mass is 16.3. The lowest BCUT2D eigenvalue weighted by Gasteiger charge is -2.08. The van der Waals surface area contributed by atoms with Gasteiger partial charge in [-0.25, -0.2) is 9.97 Å². The topological polar surface area (TPSA) is 58.0 Å². The minimum atomic E-state index is 0.174. The van der Waals surface area contributed by atoms with Crippen molar-refractivity contribution >= 4 is 5.95 Å². The number of aromatic nitrogens is 2. The Bertz CT molecular complexity index is 538. The molecule has 2 aromatic rings. The van der Waals surface area contributed by atoms with E-state index in [-0.39, 0.29) is 6.61 Å². The summed E-state index contributed by atoms with van der Waals surface area (Å²) in [5, 5.41) is 11.8. The molecule has 4 nitrogen and oxygen atoms in total. The number of hydrogen-bond acceptors (Lipinski definition) is 4. The number of hydrogen-bond donors (Lipinski definition) is 2. The van der Waals surface area contributed by atoms with Gasteiger partial charge in [-0.2, -0.15) is 0 Å². The van der Waals surface area contributed by atoms with Crippen LogP contribution in [0.3, 0.4) is 0 Å². The number of aryl methyl sites for hydroxylation is 2. The molecular formula is C15H19N3O. The Balaban J connectivity index is 2.15. The summed E-state index contributed by atoms with van der Waals surface area (Å²) in [6.45, 7) is 5.02. The molecule has 0 radical (unpaired) electrons. The molecule has 1 aromatic carbocycles. The largest absolute Gasteiger partial charge is 0.396 e. The molecule has 0 spiro atoms. The minimum absolute atomic E-state index is 0.174. The third kappa shape index (κ3) is 3.51. The Hall–Kier alpha value is -1.94. The molecule has 0 unspecified atom stereocenters. The fourth-order valence-electron chi connectivity index (χ4n) is 1.88. The molecule has 0 fully saturated rings. The van der Waals surface area contributed by atoms with E-state index in [1.807, 2.05) is 12.4 Å². The average molecular weight is 257 g/mol. The van der Waals surface area contributed by atoms with E-state index < -0.39 is 0 Å². The van der Waals surface area contributed by atoms with Gasteiger partial charge in [0.25, 0.3) is 0 Å². The first-order chi connectivity index (χ1) is 9.20. The SMILES string of the molecule is Cc1ccc(C)c(-c2cnc(NCCCO)nc2)c1. The lowest BCUT2D eigenvalue weighted by atomic mass is 10.0. The minimum Gasteiger partial charge on any atom is -0.396 e. The molecule has 2 rings (SSSR count). The maximum atomic E-state index is 8.71. The summed E-state index contributed by atoms with van der Waals surface area (Å²) in [4.78, 5) is 8.59. The van der Waals surface area contributed by atoms with Crippen molar-refractivity contribution in [1.82, 2.24) is 9.97 Å². The molecule has 0 atom stereocenters. The summed E-state index contributed by atoms with van der Waals surface area (Å²) in [5.41, 5.74) is 4.64. The third-order valence-electron chi connectivity index (χ3n) is 2.97. The molecule has 0 saturated heterocycles. The number of aliphatic hydroxyl groups is 1. The highest BCUT2D eigenvalue weighted by Crippen LogP contribution is 2.23. The van der Waals surface area contributed by atoms with Crippen molar-refractivity contribution in [2.45, 2.75) is 20.3 Å². The zero-order valence-electron chi connectivity index (χ0n) is 11.3. The van der Waals surface area contributed by atoms with E-state index in [1.165, 1.54) is 16.7 Å². The van der Waals surface area contributed by atoms with Gasteiger partial charge in [0.2, 0.25) is 5.95 Å². The van der Waals surface area contributed by atoms with Crippen LogP contribution in [0.4, 0.5) is 5.95 Å². The second-order valence-corrected chi connectivity index (χ2v) is 4.62. The van der Waals surface area contributed by atoms with Crippen LogP contribution < -0.4 is 5.32 Å². The monoisotopic (exact) mass is 257 g/mol. The van der Waals surface area contributed by atoms with Gasteiger partial charge >= 0.3 is 0 Å². The molecule has 1 aromatic heterocycles. The van der Waals surface area contributed by atoms with Gasteiger partial charge in [0.05, 0.1) is 0 Å². The summed E-state index contributed by atoms with van der Waals surface area (Å²) in [7, 11) is 0. The molecule has 0 saturated carbocycles. The molecule has 0 aliphatic carbocycles. The summed E-state index contributed by atoms with van der Waals surface area (Å²) < 4.78 is 0. The van der Waals surface area contributed by atoms with Gasteiger partial charge in [0.15, 0.2) is 0 Å². The number of aliphatic hydroxyl groups excluding tert-OH is 1. The zero-order valence-corrected chi connectivity index (χ0v) is 11.3. The first kappa shape index (κ1) is 13.5. The van der Waals surface area contributed by atoms with Crippen LogP contribution in [0, 0.1) is 13.8 Å². The number of benzene rings is 1. The summed E-state index contributed by atoms with van der Waals surface area (Å²) in [6.07, 6.45) is 4.36. The van der Waals surface area contributed by atoms with Crippen LogP contribution in [0.25, 0.3) is 11.1 Å². The van der Waals surface area contributed by atoms with Gasteiger partial charge in [-0.1, -0.05) is 23.8 Å². The quantitative estimate of drug-likeness (QED) is 0.808. The van der Waals surface area contributed by atoms with E-state index in [0.717, 1.165) is 5.56 Å². The molecule has 0 aliphatic rings. The molecular weight excluding hydrogens is 238 g/mol. The summed E-state index contributed by atoms with van der Waals surface area (Å²) in [5.74, 6) is 0.600. The van der Waals surface area contributed by atoms with Crippen molar-refractivity contribution in [2.24, 2.45) is 0 Å². The Labute approximate surface area is 113 Å². The molecule has 0 amide bonds. The van der Waals surface area contributed by atoms with Crippen molar-refractivity contribution in [3.05, 3.63) is 41.7 Å². The Morgan fingerprint density at radius 3 is 2.58 bits per heavy atom. The number of anilines is 1. The third-order valence-corrected chi connectivity index (χ3v) is 2.97. The van der Waals surface area contributed by atoms with Crippen molar-refractivity contribution in [3.63, 3.8) is 0 Å². The van der Waals surface area contributed by atoms with Crippen molar-refractivity contribution in [2.75, 3.05) is 18.5 Å². The number of nitrogens with one attached hydrogen (secondary N) is 1. The van der Waals surface area contributed by atoms with Crippen LogP contribution in [0.5, 0.6) is 0 Å². The first-order valence-corrected chi connectivity index (χ1v) is 6.45. The predicted octanol–water partition coefficient (Wildman–Crippen LogP) is 2.55. The van der Waals surface area contributed by atoms with Gasteiger partial charge in [-0.3, -0.25) is 0 Å². The van der Waals surface area contributed by atoms with E-state index in [9.17, 15) is 0 Å². The fraction of sp³-hybridized carbons (Fsp3) is 0.333. The molecule has 1 heterocycles. The Kier molecular flexibility index (Phi) is 4.47. The van der Waals surface area contributed by atoms with E-state index in [0.29, 0.717) is 18.9 Å². The maximum absolute atomic E-state index is 8.71. The van der Waals surface area contributed by atoms with Gasteiger partial charge in [0.1, 0.15) is 0 Å². The van der Waals surface area contributed by atoms with Gasteiger partial charge in [0, 0.05) is 31.1 Å². The molecule has 100 valence electrons. The van der Waals surface area contributed by atoms with Gasteiger partial charge in [-0.05, 0) is 31.4 Å². The lowest BCUT2D eigenvalue weighted by Crippen LogP contribution is -2.06. The van der Waals surface area contributed by atoms with Crippen molar-refractivity contribution in [3.8, 4) is 11.1 Å². The molecule has 0 bridgehead atoms. The molecule has 2 N–H and O–H groups in total. The van der Waals surface area contributed by atoms with Gasteiger partial charge in [-0.15, -0.1) is 0 Å². The highest BCUT2D eigenvalue weighted by molar-refractivity contribution is 5.66. The smallest absolute Gasteiger partial charge is 0.222 e. The molecule has 4 heteroatoms. The van der Waals surface area contributed by atoms with Crippen LogP contribution in [0.1, 0.15) is 17.5 Å². The fourth-order valence-corrected chi connectivity index (χ4v) is 1.88. The van der Waals surface area contributed by atoms with Gasteiger partial charge < -0.3 is 10.4 Å². The lowest BCUT2D eigenvalue weighted by molar-refractivity contribution is 0.292. The zero-order chi connectivity index (χ0) is 13.7. The molecule has 19 heavy (non-hydrogen) atoms. The molecule has 0 aliphatic heterocycles. The van der Waals surface area contributed by atoms with E-state index in [4.69, 9.17) is 5.11 Å². The standard InChI is InChI=1S/C15H19N3O/c1-11-4-5-12(2)14(8-11)13-9-17-15(18-10-13)16-6-3-7-19/h4-5,8-10,19H,3,6-7H2,1-2H3,(H,16,17,18). The average Bonchev–Trinajstić information content (AvgIpc) is 2.43. The van der Waals surface area contributed by atoms with Crippen LogP contribution >= 0.6 is 0 Å². The highest BCUT2D eigenvalue weighted by Gasteiger charge is 2.04. The number of nitrogens with zero attached hydrogens (tertiary/aromatic N) is 2. The van der Waals surface area contributed by atoms with Crippen LogP contribution in [0.2, 0.25) is 0 Å². The summed E-state index contributed by atoms with van der Waals surface area (Å²) >= 11 is 0. The Morgan fingerprint density at radius 2 is 1.89 bits per heavy atom. The second kappa shape index (κ2) is 6.29. The van der Waals surface area contributed by atoms with Crippen molar-refractivity contribution < 1.29 is 5.11 Å². The van der Waals surface area contributed by atoms with Crippen LogP contribution in [0.15, 0.2) is 30.6 Å². The maximum Gasteiger partial charge on any atom is 0.222 e. The van der Waals surface area contributed by atoms with Crippen LogP contribution in [-0.4, -0.2) is 28.2 Å². The number of rotatable bonds is 5. The second-order valence-electron chi connectivity index (χ2n) is 4.62. The Morgan fingerprint density at radius 1 is 1.16 bits per heavy atom.